The minimum Gasteiger partial charge on any atom is -0.466 e. The Hall–Kier alpha value is -2.73. The van der Waals surface area contributed by atoms with Gasteiger partial charge in [0.25, 0.3) is 0 Å². The molecule has 0 radical (unpaired) electrons. The van der Waals surface area contributed by atoms with Gasteiger partial charge in [-0.3, -0.25) is 4.79 Å². The van der Waals surface area contributed by atoms with Crippen LogP contribution in [0, 0.1) is 11.6 Å². The molecular formula is C22H20ClF2NO3. The molecular weight excluding hydrogens is 400 g/mol. The summed E-state index contributed by atoms with van der Waals surface area (Å²) in [6.45, 7) is 1.61. The third-order valence-electron chi connectivity index (χ3n) is 5.05. The molecule has 0 aromatic heterocycles. The standard InChI is InChI=1S/C22H20ClF2NO3/c1-3-18-20(22(28)29-2)15(14-8-4-5-9-16(14)23)11-19(27)26(18)12-13-7-6-10-17(24)21(13)25/h4-10,15H,3,11-12H2,1-2H3. The maximum atomic E-state index is 14.2. The van der Waals surface area contributed by atoms with Crippen LogP contribution in [0.5, 0.6) is 0 Å². The van der Waals surface area contributed by atoms with Gasteiger partial charge in [0.15, 0.2) is 11.6 Å². The lowest BCUT2D eigenvalue weighted by Gasteiger charge is -2.36. The molecule has 1 aliphatic heterocycles. The first-order valence-electron chi connectivity index (χ1n) is 9.18. The molecule has 0 N–H and O–H groups in total. The SMILES string of the molecule is CCC1=C(C(=O)OC)C(c2ccccc2Cl)CC(=O)N1Cc1cccc(F)c1F. The molecule has 1 atom stereocenters. The van der Waals surface area contributed by atoms with E-state index >= 15 is 0 Å². The van der Waals surface area contributed by atoms with Crippen molar-refractivity contribution in [3.05, 3.63) is 81.5 Å². The number of nitrogens with zero attached hydrogens (tertiary/aromatic N) is 1. The third kappa shape index (κ3) is 4.03. The molecule has 0 saturated heterocycles. The lowest BCUT2D eigenvalue weighted by atomic mass is 9.82. The molecule has 7 heteroatoms. The molecule has 2 aromatic rings. The molecule has 1 heterocycles. The number of carbonyl (C=O) groups excluding carboxylic acids is 2. The number of carbonyl (C=O) groups is 2. The largest absolute Gasteiger partial charge is 0.466 e. The predicted octanol–water partition coefficient (Wildman–Crippen LogP) is 4.97. The number of halogens is 3. The fourth-order valence-corrected chi connectivity index (χ4v) is 3.95. The molecule has 152 valence electrons. The number of hydrogen-bond donors (Lipinski definition) is 0. The Labute approximate surface area is 172 Å². The maximum Gasteiger partial charge on any atom is 0.336 e. The van der Waals surface area contributed by atoms with Crippen LogP contribution in [0.1, 0.15) is 36.8 Å². The van der Waals surface area contributed by atoms with Crippen molar-refractivity contribution in [2.75, 3.05) is 7.11 Å². The summed E-state index contributed by atoms with van der Waals surface area (Å²) < 4.78 is 32.8. The van der Waals surface area contributed by atoms with Crippen molar-refractivity contribution in [2.24, 2.45) is 0 Å². The van der Waals surface area contributed by atoms with Crippen LogP contribution in [0.25, 0.3) is 0 Å². The van der Waals surface area contributed by atoms with Gasteiger partial charge in [0.05, 0.1) is 19.2 Å². The van der Waals surface area contributed by atoms with E-state index in [2.05, 4.69) is 0 Å². The average molecular weight is 420 g/mol. The first-order chi connectivity index (χ1) is 13.9. The molecule has 3 rings (SSSR count). The molecule has 4 nitrogen and oxygen atoms in total. The third-order valence-corrected chi connectivity index (χ3v) is 5.39. The quantitative estimate of drug-likeness (QED) is 0.643. The molecule has 1 amide bonds. The molecule has 0 bridgehead atoms. The number of esters is 1. The molecule has 0 spiro atoms. The second kappa shape index (κ2) is 8.74. The van der Waals surface area contributed by atoms with Crippen molar-refractivity contribution < 1.29 is 23.1 Å². The van der Waals surface area contributed by atoms with Crippen LogP contribution in [0.2, 0.25) is 5.02 Å². The predicted molar refractivity (Wildman–Crippen MR) is 105 cm³/mol. The number of rotatable bonds is 5. The van der Waals surface area contributed by atoms with Gasteiger partial charge in [0, 0.05) is 28.6 Å². The summed E-state index contributed by atoms with van der Waals surface area (Å²) in [5.41, 5.74) is 1.40. The summed E-state index contributed by atoms with van der Waals surface area (Å²) in [5, 5.41) is 0.437. The van der Waals surface area contributed by atoms with Crippen molar-refractivity contribution >= 4 is 23.5 Å². The number of hydrogen-bond acceptors (Lipinski definition) is 3. The van der Waals surface area contributed by atoms with Crippen LogP contribution in [-0.4, -0.2) is 23.9 Å². The normalized spacial score (nSPS) is 16.9. The highest BCUT2D eigenvalue weighted by atomic mass is 35.5. The zero-order valence-corrected chi connectivity index (χ0v) is 16.8. The number of ether oxygens (including phenoxy) is 1. The first-order valence-corrected chi connectivity index (χ1v) is 9.55. The zero-order valence-electron chi connectivity index (χ0n) is 16.0. The fraction of sp³-hybridized carbons (Fsp3) is 0.273. The van der Waals surface area contributed by atoms with Gasteiger partial charge in [-0.2, -0.15) is 0 Å². The maximum absolute atomic E-state index is 14.2. The Balaban J connectivity index is 2.12. The Morgan fingerprint density at radius 1 is 1.21 bits per heavy atom. The van der Waals surface area contributed by atoms with E-state index in [-0.39, 0.29) is 24.4 Å². The van der Waals surface area contributed by atoms with E-state index < -0.39 is 23.5 Å². The highest BCUT2D eigenvalue weighted by Gasteiger charge is 2.38. The van der Waals surface area contributed by atoms with Gasteiger partial charge in [-0.1, -0.05) is 48.9 Å². The Bertz CT molecular complexity index is 990. The summed E-state index contributed by atoms with van der Waals surface area (Å²) in [4.78, 5) is 27.0. The van der Waals surface area contributed by atoms with Crippen LogP contribution >= 0.6 is 11.6 Å². The second-order valence-corrected chi connectivity index (χ2v) is 7.08. The second-order valence-electron chi connectivity index (χ2n) is 6.68. The minimum absolute atomic E-state index is 0.0321. The van der Waals surface area contributed by atoms with Gasteiger partial charge in [-0.05, 0) is 24.1 Å². The average Bonchev–Trinajstić information content (AvgIpc) is 2.72. The highest BCUT2D eigenvalue weighted by Crippen LogP contribution is 2.41. The number of amides is 1. The molecule has 1 unspecified atom stereocenters. The van der Waals surface area contributed by atoms with E-state index in [0.717, 1.165) is 6.07 Å². The minimum atomic E-state index is -1.01. The van der Waals surface area contributed by atoms with Crippen LogP contribution < -0.4 is 0 Å². The van der Waals surface area contributed by atoms with Crippen molar-refractivity contribution in [3.63, 3.8) is 0 Å². The van der Waals surface area contributed by atoms with Crippen LogP contribution in [0.3, 0.4) is 0 Å². The van der Waals surface area contributed by atoms with Crippen molar-refractivity contribution in [2.45, 2.75) is 32.2 Å². The van der Waals surface area contributed by atoms with Crippen LogP contribution in [0.15, 0.2) is 53.7 Å². The number of benzene rings is 2. The Kier molecular flexibility index (Phi) is 6.33. The molecule has 2 aromatic carbocycles. The van der Waals surface area contributed by atoms with E-state index in [0.29, 0.717) is 28.3 Å². The lowest BCUT2D eigenvalue weighted by molar-refractivity contribution is -0.138. The highest BCUT2D eigenvalue weighted by molar-refractivity contribution is 6.31. The molecule has 0 saturated carbocycles. The Morgan fingerprint density at radius 3 is 2.59 bits per heavy atom. The van der Waals surface area contributed by atoms with E-state index in [9.17, 15) is 18.4 Å². The van der Waals surface area contributed by atoms with Gasteiger partial charge < -0.3 is 9.64 Å². The van der Waals surface area contributed by atoms with Gasteiger partial charge in [0.2, 0.25) is 5.91 Å². The van der Waals surface area contributed by atoms with E-state index in [1.165, 1.54) is 24.1 Å². The van der Waals surface area contributed by atoms with Gasteiger partial charge in [-0.25, -0.2) is 13.6 Å². The summed E-state index contributed by atoms with van der Waals surface area (Å²) in [6, 6.07) is 10.8. The summed E-state index contributed by atoms with van der Waals surface area (Å²) in [6.07, 6.45) is 0.294. The van der Waals surface area contributed by atoms with E-state index in [1.807, 2.05) is 0 Å². The molecule has 29 heavy (non-hydrogen) atoms. The van der Waals surface area contributed by atoms with Gasteiger partial charge in [0.1, 0.15) is 0 Å². The van der Waals surface area contributed by atoms with Crippen LogP contribution in [0.4, 0.5) is 8.78 Å². The van der Waals surface area contributed by atoms with Gasteiger partial charge >= 0.3 is 5.97 Å². The molecule has 0 aliphatic carbocycles. The zero-order chi connectivity index (χ0) is 21.1. The molecule has 0 fully saturated rings. The fourth-order valence-electron chi connectivity index (χ4n) is 3.68. The van der Waals surface area contributed by atoms with Crippen molar-refractivity contribution in [3.8, 4) is 0 Å². The van der Waals surface area contributed by atoms with Crippen molar-refractivity contribution in [1.29, 1.82) is 0 Å². The monoisotopic (exact) mass is 419 g/mol. The lowest BCUT2D eigenvalue weighted by Crippen LogP contribution is -2.39. The van der Waals surface area contributed by atoms with E-state index in [4.69, 9.17) is 16.3 Å². The topological polar surface area (TPSA) is 46.6 Å². The summed E-state index contributed by atoms with van der Waals surface area (Å²) in [5.74, 6) is -3.46. The van der Waals surface area contributed by atoms with Gasteiger partial charge in [-0.15, -0.1) is 0 Å². The molecule has 1 aliphatic rings. The summed E-state index contributed by atoms with van der Waals surface area (Å²) in [7, 11) is 1.26. The first kappa shape index (κ1) is 21.0. The number of methoxy groups -OCH3 is 1. The Morgan fingerprint density at radius 2 is 1.93 bits per heavy atom. The number of allylic oxidation sites excluding steroid dienone is 1. The smallest absolute Gasteiger partial charge is 0.336 e. The van der Waals surface area contributed by atoms with Crippen LogP contribution in [-0.2, 0) is 20.9 Å². The van der Waals surface area contributed by atoms with Crippen molar-refractivity contribution in [1.82, 2.24) is 4.90 Å². The van der Waals surface area contributed by atoms with E-state index in [1.54, 1.807) is 31.2 Å². The summed E-state index contributed by atoms with van der Waals surface area (Å²) >= 11 is 6.32.